The van der Waals surface area contributed by atoms with Crippen LogP contribution in [0.15, 0.2) is 24.3 Å². The Hall–Kier alpha value is -1.27. The summed E-state index contributed by atoms with van der Waals surface area (Å²) in [5.41, 5.74) is 0.264. The van der Waals surface area contributed by atoms with E-state index in [0.29, 0.717) is 31.9 Å². The van der Waals surface area contributed by atoms with E-state index in [9.17, 15) is 13.2 Å². The quantitative estimate of drug-likeness (QED) is 0.925. The van der Waals surface area contributed by atoms with Crippen LogP contribution in [0.4, 0.5) is 13.2 Å². The van der Waals surface area contributed by atoms with E-state index in [-0.39, 0.29) is 11.7 Å². The minimum atomic E-state index is -4.28. The molecule has 1 atom stereocenters. The number of halogens is 3. The number of hydrogen-bond donors (Lipinski definition) is 1. The van der Waals surface area contributed by atoms with Gasteiger partial charge in [-0.3, -0.25) is 4.90 Å². The van der Waals surface area contributed by atoms with E-state index in [1.54, 1.807) is 12.1 Å². The molecule has 1 aliphatic heterocycles. The van der Waals surface area contributed by atoms with Crippen molar-refractivity contribution >= 4 is 0 Å². The number of benzene rings is 1. The van der Waals surface area contributed by atoms with Gasteiger partial charge in [-0.1, -0.05) is 12.1 Å². The van der Waals surface area contributed by atoms with Crippen LogP contribution >= 0.6 is 0 Å². The molecule has 0 bridgehead atoms. The molecule has 1 N–H and O–H groups in total. The van der Waals surface area contributed by atoms with Gasteiger partial charge in [-0.2, -0.15) is 13.2 Å². The normalized spacial score (nSPS) is 18.8. The van der Waals surface area contributed by atoms with Crippen LogP contribution in [-0.2, 0) is 0 Å². The molecule has 1 heterocycles. The van der Waals surface area contributed by atoms with E-state index in [1.807, 2.05) is 13.8 Å². The molecule has 1 fully saturated rings. The molecule has 6 heteroatoms. The second-order valence-corrected chi connectivity index (χ2v) is 5.47. The minimum absolute atomic E-state index is 0.00225. The maximum Gasteiger partial charge on any atom is 0.408 e. The van der Waals surface area contributed by atoms with Crippen molar-refractivity contribution in [2.24, 2.45) is 0 Å². The van der Waals surface area contributed by atoms with Gasteiger partial charge in [0.05, 0.1) is 6.10 Å². The van der Waals surface area contributed by atoms with E-state index in [4.69, 9.17) is 4.74 Å². The number of piperazine rings is 1. The average Bonchev–Trinajstić information content (AvgIpc) is 2.40. The molecule has 0 aromatic heterocycles. The largest absolute Gasteiger partial charge is 0.491 e. The summed E-state index contributed by atoms with van der Waals surface area (Å²) in [5.74, 6) is 0.593. The Morgan fingerprint density at radius 1 is 1.10 bits per heavy atom. The van der Waals surface area contributed by atoms with Gasteiger partial charge in [0.2, 0.25) is 0 Å². The fraction of sp³-hybridized carbons (Fsp3) is 0.600. The molecule has 0 amide bonds. The smallest absolute Gasteiger partial charge is 0.408 e. The summed E-state index contributed by atoms with van der Waals surface area (Å²) < 4.78 is 45.7. The molecule has 1 saturated heterocycles. The zero-order chi connectivity index (χ0) is 15.5. The van der Waals surface area contributed by atoms with Crippen LogP contribution in [0.1, 0.15) is 25.5 Å². The van der Waals surface area contributed by atoms with Gasteiger partial charge < -0.3 is 10.1 Å². The van der Waals surface area contributed by atoms with Gasteiger partial charge in [0.1, 0.15) is 11.8 Å². The SMILES string of the molecule is CC(C)Oc1ccc([C@H](N2CCNCC2)C(F)(F)F)cc1. The van der Waals surface area contributed by atoms with Crippen molar-refractivity contribution < 1.29 is 17.9 Å². The predicted octanol–water partition coefficient (Wildman–Crippen LogP) is 2.98. The van der Waals surface area contributed by atoms with Crippen molar-refractivity contribution in [2.45, 2.75) is 32.2 Å². The molecule has 1 aliphatic rings. The predicted molar refractivity (Wildman–Crippen MR) is 75.4 cm³/mol. The molecule has 0 spiro atoms. The fourth-order valence-corrected chi connectivity index (χ4v) is 2.55. The Labute approximate surface area is 123 Å². The van der Waals surface area contributed by atoms with E-state index >= 15 is 0 Å². The first kappa shape index (κ1) is 16.1. The van der Waals surface area contributed by atoms with Gasteiger partial charge >= 0.3 is 6.18 Å². The lowest BCUT2D eigenvalue weighted by atomic mass is 10.0. The lowest BCUT2D eigenvalue weighted by Crippen LogP contribution is -2.49. The van der Waals surface area contributed by atoms with Crippen LogP contribution in [0, 0.1) is 0 Å². The highest BCUT2D eigenvalue weighted by atomic mass is 19.4. The molecule has 1 aromatic carbocycles. The fourth-order valence-electron chi connectivity index (χ4n) is 2.55. The Morgan fingerprint density at radius 3 is 2.14 bits per heavy atom. The van der Waals surface area contributed by atoms with Crippen LogP contribution in [0.5, 0.6) is 5.75 Å². The third kappa shape index (κ3) is 4.35. The lowest BCUT2D eigenvalue weighted by molar-refractivity contribution is -0.187. The van der Waals surface area contributed by atoms with E-state index < -0.39 is 12.2 Å². The molecular weight excluding hydrogens is 281 g/mol. The highest BCUT2D eigenvalue weighted by Crippen LogP contribution is 2.38. The van der Waals surface area contributed by atoms with Crippen LogP contribution in [-0.4, -0.2) is 43.4 Å². The maximum atomic E-state index is 13.4. The number of nitrogens with zero attached hydrogens (tertiary/aromatic N) is 1. The Kier molecular flexibility index (Phi) is 5.11. The van der Waals surface area contributed by atoms with Gasteiger partial charge in [-0.25, -0.2) is 0 Å². The molecule has 21 heavy (non-hydrogen) atoms. The first-order chi connectivity index (χ1) is 9.88. The Morgan fingerprint density at radius 2 is 1.67 bits per heavy atom. The molecule has 3 nitrogen and oxygen atoms in total. The first-order valence-electron chi connectivity index (χ1n) is 7.16. The van der Waals surface area contributed by atoms with Crippen molar-refractivity contribution in [1.29, 1.82) is 0 Å². The zero-order valence-corrected chi connectivity index (χ0v) is 12.3. The van der Waals surface area contributed by atoms with Crippen molar-refractivity contribution in [3.63, 3.8) is 0 Å². The molecule has 2 rings (SSSR count). The first-order valence-corrected chi connectivity index (χ1v) is 7.16. The molecule has 0 radical (unpaired) electrons. The number of ether oxygens (including phenoxy) is 1. The molecule has 1 aromatic rings. The number of rotatable bonds is 4. The summed E-state index contributed by atoms with van der Waals surface area (Å²) >= 11 is 0. The summed E-state index contributed by atoms with van der Waals surface area (Å²) in [5, 5.41) is 3.07. The van der Waals surface area contributed by atoms with Gasteiger partial charge in [-0.05, 0) is 31.5 Å². The van der Waals surface area contributed by atoms with E-state index in [2.05, 4.69) is 5.32 Å². The van der Waals surface area contributed by atoms with Crippen LogP contribution in [0.25, 0.3) is 0 Å². The highest BCUT2D eigenvalue weighted by molar-refractivity contribution is 5.30. The van der Waals surface area contributed by atoms with Gasteiger partial charge in [0.15, 0.2) is 0 Å². The molecular formula is C15H21F3N2O. The Balaban J connectivity index is 2.20. The Bertz CT molecular complexity index is 439. The highest BCUT2D eigenvalue weighted by Gasteiger charge is 2.44. The van der Waals surface area contributed by atoms with Gasteiger partial charge in [-0.15, -0.1) is 0 Å². The van der Waals surface area contributed by atoms with Gasteiger partial charge in [0.25, 0.3) is 0 Å². The van der Waals surface area contributed by atoms with Crippen LogP contribution < -0.4 is 10.1 Å². The topological polar surface area (TPSA) is 24.5 Å². The zero-order valence-electron chi connectivity index (χ0n) is 12.3. The third-order valence-corrected chi connectivity index (χ3v) is 3.39. The van der Waals surface area contributed by atoms with Crippen molar-refractivity contribution in [1.82, 2.24) is 10.2 Å². The summed E-state index contributed by atoms with van der Waals surface area (Å²) in [6, 6.07) is 4.69. The van der Waals surface area contributed by atoms with Crippen molar-refractivity contribution in [3.8, 4) is 5.75 Å². The van der Waals surface area contributed by atoms with Crippen molar-refractivity contribution in [2.75, 3.05) is 26.2 Å². The maximum absolute atomic E-state index is 13.4. The molecule has 0 aliphatic carbocycles. The van der Waals surface area contributed by atoms with Crippen molar-refractivity contribution in [3.05, 3.63) is 29.8 Å². The standard InChI is InChI=1S/C15H21F3N2O/c1-11(2)21-13-5-3-12(4-6-13)14(15(16,17)18)20-9-7-19-8-10-20/h3-6,11,14,19H,7-10H2,1-2H3/t14-/m0/s1. The second kappa shape index (κ2) is 6.66. The van der Waals surface area contributed by atoms with Crippen LogP contribution in [0.2, 0.25) is 0 Å². The lowest BCUT2D eigenvalue weighted by Gasteiger charge is -2.36. The molecule has 118 valence electrons. The minimum Gasteiger partial charge on any atom is -0.491 e. The average molecular weight is 302 g/mol. The third-order valence-electron chi connectivity index (χ3n) is 3.39. The number of nitrogens with one attached hydrogen (secondary N) is 1. The van der Waals surface area contributed by atoms with Gasteiger partial charge in [0, 0.05) is 26.2 Å². The van der Waals surface area contributed by atoms with Crippen LogP contribution in [0.3, 0.4) is 0 Å². The molecule has 0 unspecified atom stereocenters. The van der Waals surface area contributed by atoms with E-state index in [1.165, 1.54) is 17.0 Å². The summed E-state index contributed by atoms with van der Waals surface area (Å²) in [4.78, 5) is 1.48. The summed E-state index contributed by atoms with van der Waals surface area (Å²) in [7, 11) is 0. The molecule has 0 saturated carbocycles. The number of alkyl halides is 3. The summed E-state index contributed by atoms with van der Waals surface area (Å²) in [6.07, 6.45) is -4.28. The summed E-state index contributed by atoms with van der Waals surface area (Å²) in [6.45, 7) is 5.73. The monoisotopic (exact) mass is 302 g/mol. The second-order valence-electron chi connectivity index (χ2n) is 5.47. The van der Waals surface area contributed by atoms with E-state index in [0.717, 1.165) is 0 Å². The number of hydrogen-bond acceptors (Lipinski definition) is 3.